The SMILES string of the molecule is I.NC(=NCCS(=O)(=O)c1ccccc1)Nc1ccc(OC(F)(F)F)cc1. The zero-order chi connectivity index (χ0) is 19.2. The van der Waals surface area contributed by atoms with Gasteiger partial charge in [0.15, 0.2) is 15.8 Å². The average molecular weight is 515 g/mol. The lowest BCUT2D eigenvalue weighted by Crippen LogP contribution is -2.24. The fourth-order valence-corrected chi connectivity index (χ4v) is 3.10. The molecule has 0 atom stereocenters. The molecule has 0 amide bonds. The van der Waals surface area contributed by atoms with Crippen LogP contribution in [0.3, 0.4) is 0 Å². The van der Waals surface area contributed by atoms with Gasteiger partial charge < -0.3 is 15.8 Å². The first-order valence-electron chi connectivity index (χ1n) is 7.36. The molecular formula is C16H17F3IN3O3S. The molecule has 0 fully saturated rings. The Morgan fingerprint density at radius 3 is 2.22 bits per heavy atom. The summed E-state index contributed by atoms with van der Waals surface area (Å²) in [5.74, 6) is -0.650. The van der Waals surface area contributed by atoms with Gasteiger partial charge in [0.1, 0.15) is 5.75 Å². The number of rotatable bonds is 6. The second-order valence-corrected chi connectivity index (χ2v) is 7.21. The number of hydrogen-bond donors (Lipinski definition) is 2. The highest BCUT2D eigenvalue weighted by atomic mass is 127. The molecule has 2 aromatic carbocycles. The molecule has 0 radical (unpaired) electrons. The van der Waals surface area contributed by atoms with E-state index in [4.69, 9.17) is 5.73 Å². The van der Waals surface area contributed by atoms with Crippen molar-refractivity contribution in [2.45, 2.75) is 11.3 Å². The first-order chi connectivity index (χ1) is 12.2. The molecule has 0 aliphatic carbocycles. The van der Waals surface area contributed by atoms with Gasteiger partial charge in [-0.3, -0.25) is 4.99 Å². The summed E-state index contributed by atoms with van der Waals surface area (Å²) in [6.45, 7) is -0.0642. The molecule has 0 bridgehead atoms. The fraction of sp³-hybridized carbons (Fsp3) is 0.188. The van der Waals surface area contributed by atoms with E-state index in [2.05, 4.69) is 15.0 Å². The van der Waals surface area contributed by atoms with Gasteiger partial charge >= 0.3 is 6.36 Å². The largest absolute Gasteiger partial charge is 0.573 e. The van der Waals surface area contributed by atoms with E-state index in [1.807, 2.05) is 0 Å². The van der Waals surface area contributed by atoms with Crippen molar-refractivity contribution >= 4 is 45.5 Å². The highest BCUT2D eigenvalue weighted by Gasteiger charge is 2.30. The van der Waals surface area contributed by atoms with E-state index in [0.717, 1.165) is 12.1 Å². The maximum absolute atomic E-state index is 12.1. The van der Waals surface area contributed by atoms with Gasteiger partial charge in [-0.2, -0.15) is 0 Å². The standard InChI is InChI=1S/C16H16F3N3O3S.HI/c17-16(18,19)25-13-8-6-12(7-9-13)22-15(20)21-10-11-26(23,24)14-4-2-1-3-5-14;/h1-9H,10-11H2,(H3,20,21,22);1H. The number of benzene rings is 2. The predicted octanol–water partition coefficient (Wildman–Crippen LogP) is 3.40. The molecular weight excluding hydrogens is 498 g/mol. The van der Waals surface area contributed by atoms with Crippen molar-refractivity contribution in [1.82, 2.24) is 0 Å². The molecule has 0 aliphatic rings. The smallest absolute Gasteiger partial charge is 0.406 e. The van der Waals surface area contributed by atoms with Crippen molar-refractivity contribution in [1.29, 1.82) is 0 Å². The first-order valence-corrected chi connectivity index (χ1v) is 9.01. The number of alkyl halides is 3. The molecule has 0 unspecified atom stereocenters. The minimum absolute atomic E-state index is 0. The Bertz CT molecular complexity index is 858. The predicted molar refractivity (Wildman–Crippen MR) is 107 cm³/mol. The summed E-state index contributed by atoms with van der Waals surface area (Å²) in [5.41, 5.74) is 6.03. The van der Waals surface area contributed by atoms with Crippen LogP contribution in [-0.2, 0) is 9.84 Å². The van der Waals surface area contributed by atoms with Crippen LogP contribution in [0.1, 0.15) is 0 Å². The normalized spacial score (nSPS) is 12.2. The number of sulfone groups is 1. The molecule has 27 heavy (non-hydrogen) atoms. The van der Waals surface area contributed by atoms with Crippen molar-refractivity contribution in [2.75, 3.05) is 17.6 Å². The van der Waals surface area contributed by atoms with E-state index in [1.54, 1.807) is 18.2 Å². The summed E-state index contributed by atoms with van der Waals surface area (Å²) in [5, 5.41) is 2.65. The van der Waals surface area contributed by atoms with Crippen molar-refractivity contribution in [2.24, 2.45) is 10.7 Å². The molecule has 0 aromatic heterocycles. The lowest BCUT2D eigenvalue weighted by atomic mass is 10.3. The van der Waals surface area contributed by atoms with Crippen molar-refractivity contribution in [3.8, 4) is 5.75 Å². The Balaban J connectivity index is 0.00000364. The van der Waals surface area contributed by atoms with E-state index in [0.29, 0.717) is 5.69 Å². The minimum atomic E-state index is -4.76. The lowest BCUT2D eigenvalue weighted by molar-refractivity contribution is -0.274. The fourth-order valence-electron chi connectivity index (χ4n) is 1.96. The number of nitrogens with zero attached hydrogens (tertiary/aromatic N) is 1. The number of aliphatic imine (C=N–C) groups is 1. The molecule has 11 heteroatoms. The molecule has 2 rings (SSSR count). The highest BCUT2D eigenvalue weighted by Crippen LogP contribution is 2.23. The van der Waals surface area contributed by atoms with Crippen LogP contribution in [0.25, 0.3) is 0 Å². The molecule has 3 N–H and O–H groups in total. The van der Waals surface area contributed by atoms with Crippen molar-refractivity contribution in [3.63, 3.8) is 0 Å². The van der Waals surface area contributed by atoms with Gasteiger partial charge in [0.2, 0.25) is 0 Å². The third-order valence-corrected chi connectivity index (χ3v) is 4.82. The van der Waals surface area contributed by atoms with Crippen LogP contribution in [0.5, 0.6) is 5.75 Å². The lowest BCUT2D eigenvalue weighted by Gasteiger charge is -2.10. The van der Waals surface area contributed by atoms with Crippen LogP contribution in [0.15, 0.2) is 64.5 Å². The van der Waals surface area contributed by atoms with Crippen LogP contribution in [-0.4, -0.2) is 33.0 Å². The zero-order valence-electron chi connectivity index (χ0n) is 13.8. The van der Waals surface area contributed by atoms with Gasteiger partial charge in [-0.1, -0.05) is 18.2 Å². The second kappa shape index (κ2) is 9.78. The van der Waals surface area contributed by atoms with E-state index >= 15 is 0 Å². The quantitative estimate of drug-likeness (QED) is 0.350. The van der Waals surface area contributed by atoms with E-state index in [9.17, 15) is 21.6 Å². The van der Waals surface area contributed by atoms with Crippen LogP contribution in [0.2, 0.25) is 0 Å². The number of hydrogen-bond acceptors (Lipinski definition) is 4. The number of nitrogens with two attached hydrogens (primary N) is 1. The molecule has 148 valence electrons. The molecule has 6 nitrogen and oxygen atoms in total. The van der Waals surface area contributed by atoms with Crippen molar-refractivity contribution in [3.05, 3.63) is 54.6 Å². The minimum Gasteiger partial charge on any atom is -0.406 e. The Labute approximate surface area is 171 Å². The first kappa shape index (κ1) is 23.0. The Kier molecular flexibility index (Phi) is 8.34. The summed E-state index contributed by atoms with van der Waals surface area (Å²) < 4.78 is 64.2. The van der Waals surface area contributed by atoms with Crippen LogP contribution in [0, 0.1) is 0 Å². The van der Waals surface area contributed by atoms with Crippen LogP contribution >= 0.6 is 24.0 Å². The molecule has 0 aliphatic heterocycles. The van der Waals surface area contributed by atoms with E-state index < -0.39 is 16.2 Å². The molecule has 0 heterocycles. The highest BCUT2D eigenvalue weighted by molar-refractivity contribution is 14.0. The third-order valence-electron chi connectivity index (χ3n) is 3.10. The van der Waals surface area contributed by atoms with Gasteiger partial charge in [-0.15, -0.1) is 37.1 Å². The van der Waals surface area contributed by atoms with Gasteiger partial charge in [-0.05, 0) is 36.4 Å². The van der Waals surface area contributed by atoms with E-state index in [-0.39, 0.29) is 52.9 Å². The topological polar surface area (TPSA) is 93.8 Å². The number of ether oxygens (including phenoxy) is 1. The Morgan fingerprint density at radius 1 is 1.07 bits per heavy atom. The van der Waals surface area contributed by atoms with Gasteiger partial charge in [0, 0.05) is 5.69 Å². The molecule has 0 saturated heterocycles. The molecule has 0 saturated carbocycles. The molecule has 0 spiro atoms. The summed E-state index contributed by atoms with van der Waals surface area (Å²) in [6.07, 6.45) is -4.76. The number of halogens is 4. The number of anilines is 1. The Morgan fingerprint density at radius 2 is 1.67 bits per heavy atom. The Hall–Kier alpha value is -2.02. The second-order valence-electron chi connectivity index (χ2n) is 5.10. The van der Waals surface area contributed by atoms with Crippen LogP contribution < -0.4 is 15.8 Å². The third kappa shape index (κ3) is 8.03. The molecule has 2 aromatic rings. The van der Waals surface area contributed by atoms with E-state index in [1.165, 1.54) is 24.3 Å². The van der Waals surface area contributed by atoms with Gasteiger partial charge in [0.25, 0.3) is 0 Å². The summed E-state index contributed by atoms with van der Waals surface area (Å²) in [7, 11) is -3.47. The average Bonchev–Trinajstić information content (AvgIpc) is 2.56. The zero-order valence-corrected chi connectivity index (χ0v) is 17.0. The van der Waals surface area contributed by atoms with Crippen LogP contribution in [0.4, 0.5) is 18.9 Å². The number of guanidine groups is 1. The van der Waals surface area contributed by atoms with Gasteiger partial charge in [-0.25, -0.2) is 8.42 Å². The van der Waals surface area contributed by atoms with Crippen molar-refractivity contribution < 1.29 is 26.3 Å². The van der Waals surface area contributed by atoms with Gasteiger partial charge in [0.05, 0.1) is 17.2 Å². The monoisotopic (exact) mass is 515 g/mol. The summed E-state index contributed by atoms with van der Waals surface area (Å²) in [6, 6.07) is 12.8. The summed E-state index contributed by atoms with van der Waals surface area (Å²) >= 11 is 0. The maximum Gasteiger partial charge on any atom is 0.573 e. The maximum atomic E-state index is 12.1. The number of nitrogens with one attached hydrogen (secondary N) is 1. The summed E-state index contributed by atoms with van der Waals surface area (Å²) in [4.78, 5) is 4.10.